The van der Waals surface area contributed by atoms with E-state index in [1.807, 2.05) is 0 Å². The van der Waals surface area contributed by atoms with Gasteiger partial charge in [0.25, 0.3) is 0 Å². The predicted octanol–water partition coefficient (Wildman–Crippen LogP) is 6.51. The molecular weight excluding hydrogens is 354 g/mol. The minimum Gasteiger partial charge on any atom is -0.393 e. The van der Waals surface area contributed by atoms with E-state index in [0.717, 1.165) is 54.9 Å². The molecule has 4 aliphatic carbocycles. The van der Waals surface area contributed by atoms with Gasteiger partial charge in [0.15, 0.2) is 0 Å². The molecule has 0 spiro atoms. The van der Waals surface area contributed by atoms with E-state index in [1.165, 1.54) is 57.8 Å². The Morgan fingerprint density at radius 1 is 0.931 bits per heavy atom. The topological polar surface area (TPSA) is 32.6 Å². The summed E-state index contributed by atoms with van der Waals surface area (Å²) in [6.45, 7) is 11.3. The SMILES string of the molecule is C[C@@H]1CCC([C@@H](C)[C@H]2CC[C@H]3[C@@H]4CC[C@H]5C[C@@H](O)CC[C@]5(C)[C@@H]4CC[C@]23C)=NC1. The molecule has 2 nitrogen and oxygen atoms in total. The standard InChI is InChI=1S/C27H45NO/c1-17-5-10-25(28-16-17)18(2)22-8-9-23-21-7-6-19-15-20(29)11-13-26(19,3)24(21)12-14-27(22,23)4/h17-24,29H,5-16H2,1-4H3/t17-,18+,19+,20+,21+,22-,23+,24-,26+,27-/m1/s1. The first kappa shape index (κ1) is 20.5. The Hall–Kier alpha value is -0.370. The van der Waals surface area contributed by atoms with Crippen LogP contribution >= 0.6 is 0 Å². The number of hydrogen-bond donors (Lipinski definition) is 1. The van der Waals surface area contributed by atoms with Crippen molar-refractivity contribution in [1.82, 2.24) is 0 Å². The Morgan fingerprint density at radius 2 is 1.69 bits per heavy atom. The summed E-state index contributed by atoms with van der Waals surface area (Å²) in [4.78, 5) is 5.07. The van der Waals surface area contributed by atoms with Crippen molar-refractivity contribution in [2.75, 3.05) is 6.54 Å². The molecular formula is C27H45NO. The highest BCUT2D eigenvalue weighted by atomic mass is 16.3. The van der Waals surface area contributed by atoms with Gasteiger partial charge in [-0.1, -0.05) is 27.7 Å². The van der Waals surface area contributed by atoms with Crippen molar-refractivity contribution < 1.29 is 5.11 Å². The summed E-state index contributed by atoms with van der Waals surface area (Å²) in [7, 11) is 0. The Balaban J connectivity index is 1.36. The molecule has 5 rings (SSSR count). The van der Waals surface area contributed by atoms with Crippen LogP contribution in [0.1, 0.15) is 98.3 Å². The lowest BCUT2D eigenvalue weighted by Gasteiger charge is -2.61. The van der Waals surface area contributed by atoms with E-state index in [2.05, 4.69) is 27.7 Å². The van der Waals surface area contributed by atoms with Crippen LogP contribution in [0.4, 0.5) is 0 Å². The van der Waals surface area contributed by atoms with Gasteiger partial charge < -0.3 is 5.11 Å². The number of aliphatic hydroxyl groups is 1. The van der Waals surface area contributed by atoms with E-state index in [1.54, 1.807) is 5.71 Å². The minimum absolute atomic E-state index is 0.0193. The number of aliphatic imine (C=N–C) groups is 1. The molecule has 2 heteroatoms. The van der Waals surface area contributed by atoms with Gasteiger partial charge >= 0.3 is 0 Å². The highest BCUT2D eigenvalue weighted by molar-refractivity contribution is 5.87. The van der Waals surface area contributed by atoms with Gasteiger partial charge in [-0.2, -0.15) is 0 Å². The molecule has 164 valence electrons. The van der Waals surface area contributed by atoms with Crippen LogP contribution < -0.4 is 0 Å². The first-order chi connectivity index (χ1) is 13.8. The molecule has 5 aliphatic rings. The minimum atomic E-state index is -0.0193. The van der Waals surface area contributed by atoms with Crippen LogP contribution in [-0.4, -0.2) is 23.5 Å². The van der Waals surface area contributed by atoms with Crippen molar-refractivity contribution in [3.63, 3.8) is 0 Å². The molecule has 1 N–H and O–H groups in total. The summed E-state index contributed by atoms with van der Waals surface area (Å²) in [5.41, 5.74) is 2.62. The number of nitrogens with zero attached hydrogens (tertiary/aromatic N) is 1. The second kappa shape index (κ2) is 7.35. The molecule has 1 aliphatic heterocycles. The third-order valence-electron chi connectivity index (χ3n) is 11.3. The van der Waals surface area contributed by atoms with Gasteiger partial charge in [-0.3, -0.25) is 4.99 Å². The third-order valence-corrected chi connectivity index (χ3v) is 11.3. The molecule has 1 heterocycles. The van der Waals surface area contributed by atoms with Crippen LogP contribution in [0.5, 0.6) is 0 Å². The Kier molecular flexibility index (Phi) is 5.20. The maximum absolute atomic E-state index is 10.3. The van der Waals surface area contributed by atoms with E-state index in [0.29, 0.717) is 16.7 Å². The lowest BCUT2D eigenvalue weighted by Crippen LogP contribution is -2.54. The number of aliphatic hydroxyl groups excluding tert-OH is 1. The van der Waals surface area contributed by atoms with Gasteiger partial charge in [-0.05, 0) is 123 Å². The summed E-state index contributed by atoms with van der Waals surface area (Å²) in [6.07, 6.45) is 14.6. The number of rotatable bonds is 2. The van der Waals surface area contributed by atoms with E-state index in [4.69, 9.17) is 4.99 Å². The van der Waals surface area contributed by atoms with Crippen LogP contribution in [0.25, 0.3) is 0 Å². The number of fused-ring (bicyclic) bond motifs is 5. The van der Waals surface area contributed by atoms with E-state index >= 15 is 0 Å². The smallest absolute Gasteiger partial charge is 0.0543 e. The predicted molar refractivity (Wildman–Crippen MR) is 121 cm³/mol. The van der Waals surface area contributed by atoms with E-state index < -0.39 is 0 Å². The zero-order chi connectivity index (χ0) is 20.4. The average molecular weight is 400 g/mol. The molecule has 0 aromatic heterocycles. The number of hydrogen-bond acceptors (Lipinski definition) is 2. The zero-order valence-electron chi connectivity index (χ0n) is 19.5. The fraction of sp³-hybridized carbons (Fsp3) is 0.963. The molecule has 0 unspecified atom stereocenters. The van der Waals surface area contributed by atoms with Crippen LogP contribution in [0.15, 0.2) is 4.99 Å². The quantitative estimate of drug-likeness (QED) is 0.564. The Morgan fingerprint density at radius 3 is 2.45 bits per heavy atom. The lowest BCUT2D eigenvalue weighted by molar-refractivity contribution is -0.127. The second-order valence-electron chi connectivity index (χ2n) is 12.6. The fourth-order valence-electron chi connectivity index (χ4n) is 9.54. The Labute approximate surface area is 179 Å². The summed E-state index contributed by atoms with van der Waals surface area (Å²) < 4.78 is 0. The van der Waals surface area contributed by atoms with Gasteiger partial charge in [-0.15, -0.1) is 0 Å². The molecule has 10 atom stereocenters. The average Bonchev–Trinajstić information content (AvgIpc) is 3.06. The van der Waals surface area contributed by atoms with Crippen molar-refractivity contribution in [1.29, 1.82) is 0 Å². The molecule has 29 heavy (non-hydrogen) atoms. The Bertz CT molecular complexity index is 657. The fourth-order valence-corrected chi connectivity index (χ4v) is 9.54. The van der Waals surface area contributed by atoms with Crippen molar-refractivity contribution in [3.05, 3.63) is 0 Å². The van der Waals surface area contributed by atoms with Crippen LogP contribution in [0, 0.1) is 52.3 Å². The molecule has 0 aromatic rings. The van der Waals surface area contributed by atoms with Crippen LogP contribution in [0.2, 0.25) is 0 Å². The molecule has 0 saturated heterocycles. The molecule has 0 amide bonds. The molecule has 4 fully saturated rings. The second-order valence-corrected chi connectivity index (χ2v) is 12.6. The van der Waals surface area contributed by atoms with Crippen LogP contribution in [-0.2, 0) is 0 Å². The third kappa shape index (κ3) is 3.17. The molecule has 0 aromatic carbocycles. The van der Waals surface area contributed by atoms with Crippen molar-refractivity contribution in [3.8, 4) is 0 Å². The summed E-state index contributed by atoms with van der Waals surface area (Å²) in [5, 5.41) is 10.3. The van der Waals surface area contributed by atoms with Crippen LogP contribution in [0.3, 0.4) is 0 Å². The van der Waals surface area contributed by atoms with E-state index in [9.17, 15) is 5.11 Å². The highest BCUT2D eigenvalue weighted by Crippen LogP contribution is 2.68. The van der Waals surface area contributed by atoms with E-state index in [-0.39, 0.29) is 6.10 Å². The largest absolute Gasteiger partial charge is 0.393 e. The first-order valence-corrected chi connectivity index (χ1v) is 13.0. The summed E-state index contributed by atoms with van der Waals surface area (Å²) >= 11 is 0. The maximum Gasteiger partial charge on any atom is 0.0543 e. The normalized spacial score (nSPS) is 53.4. The maximum atomic E-state index is 10.3. The van der Waals surface area contributed by atoms with Crippen molar-refractivity contribution >= 4 is 5.71 Å². The van der Waals surface area contributed by atoms with Gasteiger partial charge in [0.1, 0.15) is 0 Å². The molecule has 4 saturated carbocycles. The summed E-state index contributed by atoms with van der Waals surface area (Å²) in [5.74, 6) is 5.96. The van der Waals surface area contributed by atoms with Gasteiger partial charge in [0, 0.05) is 12.3 Å². The van der Waals surface area contributed by atoms with Gasteiger partial charge in [0.2, 0.25) is 0 Å². The highest BCUT2D eigenvalue weighted by Gasteiger charge is 2.60. The van der Waals surface area contributed by atoms with Gasteiger partial charge in [0.05, 0.1) is 6.10 Å². The lowest BCUT2D eigenvalue weighted by atomic mass is 9.44. The molecule has 0 radical (unpaired) electrons. The first-order valence-electron chi connectivity index (χ1n) is 13.0. The summed E-state index contributed by atoms with van der Waals surface area (Å²) in [6, 6.07) is 0. The molecule has 0 bridgehead atoms. The zero-order valence-corrected chi connectivity index (χ0v) is 19.5. The van der Waals surface area contributed by atoms with Crippen molar-refractivity contribution in [2.24, 2.45) is 57.2 Å². The van der Waals surface area contributed by atoms with Gasteiger partial charge in [-0.25, -0.2) is 0 Å². The van der Waals surface area contributed by atoms with Crippen molar-refractivity contribution in [2.45, 2.75) is 104 Å². The monoisotopic (exact) mass is 399 g/mol.